The third kappa shape index (κ3) is 3.69. The van der Waals surface area contributed by atoms with E-state index in [9.17, 15) is 4.79 Å². The maximum atomic E-state index is 11.8. The molecule has 0 bridgehead atoms. The Bertz CT molecular complexity index is 631. The van der Waals surface area contributed by atoms with Crippen LogP contribution < -0.4 is 5.32 Å². The summed E-state index contributed by atoms with van der Waals surface area (Å²) in [5.41, 5.74) is 2.90. The smallest absolute Gasteiger partial charge is 0.248 e. The van der Waals surface area contributed by atoms with E-state index in [-0.39, 0.29) is 5.91 Å². The lowest BCUT2D eigenvalue weighted by Gasteiger charge is -2.06. The SMILES string of the molecule is Cc1ccc(Cl)cc1NC(=O)/C=C/c1sccc1C. The van der Waals surface area contributed by atoms with Crippen LogP contribution in [0.4, 0.5) is 5.69 Å². The summed E-state index contributed by atoms with van der Waals surface area (Å²) in [7, 11) is 0. The van der Waals surface area contributed by atoms with Gasteiger partial charge >= 0.3 is 0 Å². The molecule has 0 radical (unpaired) electrons. The van der Waals surface area contributed by atoms with E-state index < -0.39 is 0 Å². The highest BCUT2D eigenvalue weighted by molar-refractivity contribution is 7.11. The minimum absolute atomic E-state index is 0.154. The molecular weight excluding hydrogens is 278 g/mol. The molecule has 0 aliphatic heterocycles. The van der Waals surface area contributed by atoms with Gasteiger partial charge in [0, 0.05) is 21.7 Å². The summed E-state index contributed by atoms with van der Waals surface area (Å²) in [5, 5.41) is 5.45. The monoisotopic (exact) mass is 291 g/mol. The molecule has 1 N–H and O–H groups in total. The second-order valence-corrected chi connectivity index (χ2v) is 5.63. The van der Waals surface area contributed by atoms with E-state index in [1.54, 1.807) is 29.5 Å². The van der Waals surface area contributed by atoms with Gasteiger partial charge in [0.05, 0.1) is 0 Å². The normalized spacial score (nSPS) is 10.9. The molecule has 0 spiro atoms. The topological polar surface area (TPSA) is 29.1 Å². The first-order valence-corrected chi connectivity index (χ1v) is 7.11. The van der Waals surface area contributed by atoms with Crippen LogP contribution in [-0.4, -0.2) is 5.91 Å². The number of thiophene rings is 1. The molecule has 0 atom stereocenters. The van der Waals surface area contributed by atoms with Gasteiger partial charge in [-0.2, -0.15) is 0 Å². The third-order valence-corrected chi connectivity index (χ3v) is 3.96. The van der Waals surface area contributed by atoms with Crippen LogP contribution in [0.5, 0.6) is 0 Å². The summed E-state index contributed by atoms with van der Waals surface area (Å²) in [6.45, 7) is 3.95. The standard InChI is InChI=1S/C15H14ClNOS/c1-10-3-4-12(16)9-13(10)17-15(18)6-5-14-11(2)7-8-19-14/h3-9H,1-2H3,(H,17,18)/b6-5+. The van der Waals surface area contributed by atoms with Crippen molar-refractivity contribution in [1.29, 1.82) is 0 Å². The lowest BCUT2D eigenvalue weighted by atomic mass is 10.2. The zero-order valence-corrected chi connectivity index (χ0v) is 12.3. The van der Waals surface area contributed by atoms with E-state index in [4.69, 9.17) is 11.6 Å². The number of hydrogen-bond acceptors (Lipinski definition) is 2. The van der Waals surface area contributed by atoms with Gasteiger partial charge in [0.2, 0.25) is 5.91 Å². The zero-order chi connectivity index (χ0) is 13.8. The molecule has 0 aliphatic carbocycles. The molecule has 2 nitrogen and oxygen atoms in total. The molecule has 0 aliphatic rings. The van der Waals surface area contributed by atoms with Crippen LogP contribution in [0.25, 0.3) is 6.08 Å². The van der Waals surface area contributed by atoms with Crippen LogP contribution >= 0.6 is 22.9 Å². The average Bonchev–Trinajstić information content (AvgIpc) is 2.77. The zero-order valence-electron chi connectivity index (χ0n) is 10.7. The molecule has 1 amide bonds. The third-order valence-electron chi connectivity index (χ3n) is 2.75. The number of benzene rings is 1. The predicted octanol–water partition coefficient (Wildman–Crippen LogP) is 4.67. The number of hydrogen-bond donors (Lipinski definition) is 1. The van der Waals surface area contributed by atoms with Crippen LogP contribution in [-0.2, 0) is 4.79 Å². The van der Waals surface area contributed by atoms with Gasteiger partial charge in [0.1, 0.15) is 0 Å². The van der Waals surface area contributed by atoms with Crippen LogP contribution in [0.3, 0.4) is 0 Å². The first-order chi connectivity index (χ1) is 9.06. The van der Waals surface area contributed by atoms with Gasteiger partial charge in [-0.3, -0.25) is 4.79 Å². The maximum absolute atomic E-state index is 11.8. The molecule has 2 aromatic rings. The summed E-state index contributed by atoms with van der Waals surface area (Å²) in [5.74, 6) is -0.154. The summed E-state index contributed by atoms with van der Waals surface area (Å²) in [4.78, 5) is 12.9. The minimum atomic E-state index is -0.154. The number of amides is 1. The Kier molecular flexibility index (Phi) is 4.40. The van der Waals surface area contributed by atoms with Crippen molar-refractivity contribution in [3.8, 4) is 0 Å². The predicted molar refractivity (Wildman–Crippen MR) is 82.9 cm³/mol. The molecule has 98 valence electrons. The molecular formula is C15H14ClNOS. The van der Waals surface area contributed by atoms with E-state index in [0.717, 1.165) is 16.1 Å². The number of aryl methyl sites for hydroxylation is 2. The number of rotatable bonds is 3. The summed E-state index contributed by atoms with van der Waals surface area (Å²) < 4.78 is 0. The Morgan fingerprint density at radius 3 is 2.74 bits per heavy atom. The number of nitrogens with one attached hydrogen (secondary N) is 1. The van der Waals surface area contributed by atoms with E-state index in [0.29, 0.717) is 5.02 Å². The Morgan fingerprint density at radius 2 is 2.05 bits per heavy atom. The highest BCUT2D eigenvalue weighted by atomic mass is 35.5. The lowest BCUT2D eigenvalue weighted by molar-refractivity contribution is -0.111. The van der Waals surface area contributed by atoms with E-state index in [1.165, 1.54) is 5.56 Å². The van der Waals surface area contributed by atoms with Gasteiger partial charge in [0.15, 0.2) is 0 Å². The number of carbonyl (C=O) groups is 1. The Morgan fingerprint density at radius 1 is 1.26 bits per heavy atom. The molecule has 0 saturated heterocycles. The Balaban J connectivity index is 2.07. The molecule has 19 heavy (non-hydrogen) atoms. The Hall–Kier alpha value is -1.58. The number of halogens is 1. The summed E-state index contributed by atoms with van der Waals surface area (Å²) in [6.07, 6.45) is 3.37. The molecule has 0 fully saturated rings. The molecule has 0 unspecified atom stereocenters. The van der Waals surface area contributed by atoms with Crippen molar-refractivity contribution < 1.29 is 4.79 Å². The van der Waals surface area contributed by atoms with Gasteiger partial charge in [-0.05, 0) is 54.6 Å². The van der Waals surface area contributed by atoms with E-state index in [1.807, 2.05) is 37.4 Å². The van der Waals surface area contributed by atoms with E-state index in [2.05, 4.69) is 5.32 Å². The fourth-order valence-corrected chi connectivity index (χ4v) is 2.60. The van der Waals surface area contributed by atoms with Gasteiger partial charge in [0.25, 0.3) is 0 Å². The van der Waals surface area contributed by atoms with E-state index >= 15 is 0 Å². The molecule has 1 aromatic carbocycles. The van der Waals surface area contributed by atoms with Gasteiger partial charge in [-0.15, -0.1) is 11.3 Å². The fraction of sp³-hybridized carbons (Fsp3) is 0.133. The number of carbonyl (C=O) groups excluding carboxylic acids is 1. The van der Waals surface area contributed by atoms with Crippen molar-refractivity contribution in [2.45, 2.75) is 13.8 Å². The van der Waals surface area contributed by atoms with Gasteiger partial charge in [-0.1, -0.05) is 17.7 Å². The number of anilines is 1. The quantitative estimate of drug-likeness (QED) is 0.818. The lowest BCUT2D eigenvalue weighted by Crippen LogP contribution is -2.08. The van der Waals surface area contributed by atoms with Crippen molar-refractivity contribution in [2.75, 3.05) is 5.32 Å². The van der Waals surface area contributed by atoms with Crippen molar-refractivity contribution in [3.63, 3.8) is 0 Å². The minimum Gasteiger partial charge on any atom is -0.322 e. The highest BCUT2D eigenvalue weighted by Crippen LogP contribution is 2.21. The molecule has 0 saturated carbocycles. The highest BCUT2D eigenvalue weighted by Gasteiger charge is 2.03. The summed E-state index contributed by atoms with van der Waals surface area (Å²) >= 11 is 7.53. The van der Waals surface area contributed by atoms with Gasteiger partial charge in [-0.25, -0.2) is 0 Å². The molecule has 1 aromatic heterocycles. The van der Waals surface area contributed by atoms with Crippen molar-refractivity contribution in [3.05, 3.63) is 56.7 Å². The van der Waals surface area contributed by atoms with Crippen LogP contribution in [0.15, 0.2) is 35.7 Å². The molecule has 2 rings (SSSR count). The fourth-order valence-electron chi connectivity index (χ4n) is 1.61. The van der Waals surface area contributed by atoms with Crippen molar-refractivity contribution >= 4 is 40.6 Å². The largest absolute Gasteiger partial charge is 0.322 e. The second kappa shape index (κ2) is 6.04. The van der Waals surface area contributed by atoms with Crippen LogP contribution in [0.2, 0.25) is 5.02 Å². The van der Waals surface area contributed by atoms with Crippen LogP contribution in [0.1, 0.15) is 16.0 Å². The first kappa shape index (κ1) is 13.8. The van der Waals surface area contributed by atoms with Crippen LogP contribution in [0, 0.1) is 13.8 Å². The van der Waals surface area contributed by atoms with Crippen molar-refractivity contribution in [1.82, 2.24) is 0 Å². The average molecular weight is 292 g/mol. The maximum Gasteiger partial charge on any atom is 0.248 e. The Labute approximate surface area is 121 Å². The molecule has 1 heterocycles. The first-order valence-electron chi connectivity index (χ1n) is 5.85. The molecule has 4 heteroatoms. The van der Waals surface area contributed by atoms with Gasteiger partial charge < -0.3 is 5.32 Å². The van der Waals surface area contributed by atoms with Crippen molar-refractivity contribution in [2.24, 2.45) is 0 Å². The second-order valence-electron chi connectivity index (χ2n) is 4.25. The summed E-state index contributed by atoms with van der Waals surface area (Å²) in [6, 6.07) is 7.46.